The SMILES string of the molecule is CC(C)(C)C1=CC2=C(c3ccc(C(C)(C)C)cc3C2(C)C)C(C2CC3=C(CC(C4CC(C(C)(C)C)=CC5=C4c4ccc(C(C)(C)C)cc4C5(C)C)C4=C3CCC(c3ccc5c(c3)CCC3=C5CCC=C3)=C4)C3=C2C=CCC3)C1. The van der Waals surface area contributed by atoms with Crippen molar-refractivity contribution in [3.63, 3.8) is 0 Å². The van der Waals surface area contributed by atoms with Gasteiger partial charge in [0.05, 0.1) is 0 Å². The molecule has 0 saturated heterocycles. The molecule has 0 radical (unpaired) electrons. The molecule has 0 spiro atoms. The fraction of sp³-hybridized carbons (Fsp3) is 0.487. The van der Waals surface area contributed by atoms with Gasteiger partial charge in [-0.25, -0.2) is 0 Å². The number of rotatable bonds is 3. The fourth-order valence-electron chi connectivity index (χ4n) is 17.0. The standard InChI is InChI=1S/C78H92/c1-73(2,3)49-29-33-58-67(39-49)77(13,14)69-41-51(75(7,8)9)37-65(71(58)69)63-43-62-57-32-28-47(46-27-31-54-48(35-46)26-25-45-21-17-18-22-53(45)54)36-60(57)64(44-61(62)55-23-19-20-24-56(55)63)66-38-52(76(10,11)12)42-70-72(66)59-34-30-50(74(4,5)6)40-68(59)78(70,15)16/h17,20-21,24,27,29-31,33-36,39-42,63-66H,18-19,22-23,25-26,28,32,37-38,43-44H2,1-16H3. The van der Waals surface area contributed by atoms with Gasteiger partial charge >= 0.3 is 0 Å². The van der Waals surface area contributed by atoms with E-state index in [1.165, 1.54) is 52.6 Å². The zero-order valence-corrected chi connectivity index (χ0v) is 51.0. The average molecular weight is 1030 g/mol. The third-order valence-electron chi connectivity index (χ3n) is 21.8. The topological polar surface area (TPSA) is 0 Å². The Morgan fingerprint density at radius 3 is 1.45 bits per heavy atom. The van der Waals surface area contributed by atoms with Crippen LogP contribution in [0.1, 0.15) is 231 Å². The molecule has 13 rings (SSSR count). The van der Waals surface area contributed by atoms with E-state index >= 15 is 0 Å². The molecule has 4 atom stereocenters. The van der Waals surface area contributed by atoms with E-state index in [0.29, 0.717) is 23.7 Å². The van der Waals surface area contributed by atoms with E-state index in [4.69, 9.17) is 0 Å². The molecule has 0 heterocycles. The fourth-order valence-corrected chi connectivity index (χ4v) is 17.0. The van der Waals surface area contributed by atoms with Crippen LogP contribution in [0.2, 0.25) is 0 Å². The van der Waals surface area contributed by atoms with Gasteiger partial charge in [-0.2, -0.15) is 0 Å². The van der Waals surface area contributed by atoms with Crippen LogP contribution in [0.3, 0.4) is 0 Å². The smallest absolute Gasteiger partial charge is 0.0155 e. The second-order valence-electron chi connectivity index (χ2n) is 31.3. The van der Waals surface area contributed by atoms with Gasteiger partial charge in [-0.05, 0) is 245 Å². The first-order valence-electron chi connectivity index (χ1n) is 31.0. The Labute approximate surface area is 472 Å². The molecule has 404 valence electrons. The van der Waals surface area contributed by atoms with E-state index in [1.807, 2.05) is 0 Å². The van der Waals surface area contributed by atoms with Crippen molar-refractivity contribution in [2.24, 2.45) is 34.5 Å². The molecule has 0 bridgehead atoms. The van der Waals surface area contributed by atoms with E-state index in [9.17, 15) is 0 Å². The lowest BCUT2D eigenvalue weighted by atomic mass is 9.57. The van der Waals surface area contributed by atoms with Gasteiger partial charge in [0.2, 0.25) is 0 Å². The molecule has 0 fully saturated rings. The van der Waals surface area contributed by atoms with Crippen molar-refractivity contribution in [1.29, 1.82) is 0 Å². The minimum atomic E-state index is -0.0743. The first-order chi connectivity index (χ1) is 36.7. The van der Waals surface area contributed by atoms with Crippen molar-refractivity contribution < 1.29 is 0 Å². The van der Waals surface area contributed by atoms with Crippen LogP contribution < -0.4 is 0 Å². The summed E-state index contributed by atoms with van der Waals surface area (Å²) in [6, 6.07) is 23.0. The Bertz CT molecular complexity index is 3510. The quantitative estimate of drug-likeness (QED) is 0.245. The summed E-state index contributed by atoms with van der Waals surface area (Å²) in [4.78, 5) is 0. The van der Waals surface area contributed by atoms with Crippen LogP contribution in [-0.4, -0.2) is 0 Å². The summed E-state index contributed by atoms with van der Waals surface area (Å²) in [7, 11) is 0. The zero-order chi connectivity index (χ0) is 55.0. The zero-order valence-electron chi connectivity index (χ0n) is 51.0. The highest BCUT2D eigenvalue weighted by atomic mass is 14.5. The van der Waals surface area contributed by atoms with Gasteiger partial charge < -0.3 is 0 Å². The Morgan fingerprint density at radius 1 is 0.410 bits per heavy atom. The van der Waals surface area contributed by atoms with Crippen molar-refractivity contribution in [2.45, 2.75) is 209 Å². The molecule has 3 aromatic rings. The Morgan fingerprint density at radius 2 is 0.910 bits per heavy atom. The summed E-state index contributed by atoms with van der Waals surface area (Å²) < 4.78 is 0. The summed E-state index contributed by atoms with van der Waals surface area (Å²) in [5, 5.41) is 0. The molecule has 0 aliphatic heterocycles. The lowest BCUT2D eigenvalue weighted by Gasteiger charge is -2.47. The van der Waals surface area contributed by atoms with Crippen molar-refractivity contribution in [1.82, 2.24) is 0 Å². The second-order valence-corrected chi connectivity index (χ2v) is 31.3. The first kappa shape index (κ1) is 52.2. The van der Waals surface area contributed by atoms with Crippen molar-refractivity contribution in [3.05, 3.63) is 209 Å². The van der Waals surface area contributed by atoms with Crippen molar-refractivity contribution in [3.8, 4) is 0 Å². The molecule has 3 aromatic carbocycles. The largest absolute Gasteiger partial charge is 0.0839 e. The number of benzene rings is 3. The van der Waals surface area contributed by atoms with Gasteiger partial charge in [-0.3, -0.25) is 0 Å². The maximum absolute atomic E-state index is 2.83. The maximum atomic E-state index is 2.83. The Hall–Kier alpha value is -5.20. The number of fused-ring (bicyclic) bond motifs is 8. The van der Waals surface area contributed by atoms with Crippen LogP contribution in [0.5, 0.6) is 0 Å². The molecule has 10 aliphatic rings. The van der Waals surface area contributed by atoms with Gasteiger partial charge in [0.15, 0.2) is 0 Å². The highest BCUT2D eigenvalue weighted by Gasteiger charge is 2.51. The first-order valence-corrected chi connectivity index (χ1v) is 31.0. The van der Waals surface area contributed by atoms with Crippen LogP contribution in [0.15, 0.2) is 158 Å². The van der Waals surface area contributed by atoms with Gasteiger partial charge in [0.25, 0.3) is 0 Å². The van der Waals surface area contributed by atoms with E-state index < -0.39 is 0 Å². The lowest BCUT2D eigenvalue weighted by molar-refractivity contribution is 0.378. The normalized spacial score (nSPS) is 26.1. The molecular formula is C78H92. The molecule has 0 heteroatoms. The van der Waals surface area contributed by atoms with Gasteiger partial charge in [0.1, 0.15) is 0 Å². The van der Waals surface area contributed by atoms with Crippen LogP contribution in [0.4, 0.5) is 0 Å². The minimum absolute atomic E-state index is 0.0584. The monoisotopic (exact) mass is 1030 g/mol. The Balaban J connectivity index is 0.992. The maximum Gasteiger partial charge on any atom is 0.0155 e. The van der Waals surface area contributed by atoms with Crippen LogP contribution in [0.25, 0.3) is 22.3 Å². The van der Waals surface area contributed by atoms with E-state index in [-0.39, 0.29) is 32.5 Å². The second kappa shape index (κ2) is 17.6. The summed E-state index contributed by atoms with van der Waals surface area (Å²) in [6.07, 6.45) is 32.0. The van der Waals surface area contributed by atoms with Crippen molar-refractivity contribution in [2.75, 3.05) is 0 Å². The summed E-state index contributed by atoms with van der Waals surface area (Å²) in [5.41, 5.74) is 38.7. The molecule has 0 aromatic heterocycles. The highest BCUT2D eigenvalue weighted by molar-refractivity contribution is 5.88. The molecule has 0 nitrogen and oxygen atoms in total. The van der Waals surface area contributed by atoms with Gasteiger partial charge in [-0.1, -0.05) is 219 Å². The molecular weight excluding hydrogens is 937 g/mol. The third-order valence-corrected chi connectivity index (χ3v) is 21.8. The van der Waals surface area contributed by atoms with E-state index in [2.05, 4.69) is 208 Å². The molecule has 0 amide bonds. The van der Waals surface area contributed by atoms with Gasteiger partial charge in [0, 0.05) is 10.8 Å². The molecule has 78 heavy (non-hydrogen) atoms. The average Bonchev–Trinajstić information content (AvgIpc) is 4.02. The molecule has 4 unspecified atom stereocenters. The summed E-state index contributed by atoms with van der Waals surface area (Å²) in [6.45, 7) is 39.4. The predicted octanol–water partition coefficient (Wildman–Crippen LogP) is 21.3. The van der Waals surface area contributed by atoms with Crippen molar-refractivity contribution >= 4 is 22.3 Å². The van der Waals surface area contributed by atoms with Crippen LogP contribution in [-0.2, 0) is 28.1 Å². The van der Waals surface area contributed by atoms with E-state index in [0.717, 1.165) is 57.8 Å². The highest BCUT2D eigenvalue weighted by Crippen LogP contribution is 2.64. The van der Waals surface area contributed by atoms with Crippen LogP contribution >= 0.6 is 0 Å². The van der Waals surface area contributed by atoms with Crippen LogP contribution in [0, 0.1) is 34.5 Å². The lowest BCUT2D eigenvalue weighted by Crippen LogP contribution is -2.34. The third kappa shape index (κ3) is 8.14. The predicted molar refractivity (Wildman–Crippen MR) is 334 cm³/mol. The molecule has 0 saturated carbocycles. The molecule has 10 aliphatic carbocycles. The minimum Gasteiger partial charge on any atom is -0.0839 e. The van der Waals surface area contributed by atoms with Gasteiger partial charge in [-0.15, -0.1) is 0 Å². The number of hydrogen-bond acceptors (Lipinski definition) is 0. The Kier molecular flexibility index (Phi) is 11.8. The number of hydrogen-bond donors (Lipinski definition) is 0. The van der Waals surface area contributed by atoms with E-state index in [1.54, 1.807) is 100 Å². The summed E-state index contributed by atoms with van der Waals surface area (Å²) in [5.74, 6) is 1.64. The number of aryl methyl sites for hydroxylation is 1. The summed E-state index contributed by atoms with van der Waals surface area (Å²) >= 11 is 0. The number of allylic oxidation sites excluding steroid dienone is 22. The molecule has 0 N–H and O–H groups in total.